The van der Waals surface area contributed by atoms with Crippen molar-refractivity contribution in [3.05, 3.63) is 338 Å². The maximum absolute atomic E-state index is 13.8. The lowest BCUT2D eigenvalue weighted by Crippen LogP contribution is -2.41. The first-order valence-electron chi connectivity index (χ1n) is 45.4. The van der Waals surface area contributed by atoms with E-state index in [-0.39, 0.29) is 60.5 Å². The van der Waals surface area contributed by atoms with Crippen LogP contribution in [0.4, 0.5) is 41.5 Å². The van der Waals surface area contributed by atoms with Crippen LogP contribution in [0.25, 0.3) is 54.5 Å². The third-order valence-electron chi connectivity index (χ3n) is 24.9. The number of benzene rings is 10. The van der Waals surface area contributed by atoms with Crippen LogP contribution >= 0.6 is 69.6 Å². The number of halogens is 10. The molecular weight excluding hydrogens is 1890 g/mol. The molecule has 15 aromatic rings. The van der Waals surface area contributed by atoms with Gasteiger partial charge in [-0.3, -0.25) is 24.5 Å². The van der Waals surface area contributed by atoms with Gasteiger partial charge in [0, 0.05) is 146 Å². The van der Waals surface area contributed by atoms with Crippen molar-refractivity contribution >= 4 is 155 Å². The predicted octanol–water partition coefficient (Wildman–Crippen LogP) is 27.6. The first-order chi connectivity index (χ1) is 66.3. The highest BCUT2D eigenvalue weighted by atomic mass is 35.5. The molecule has 0 spiro atoms. The van der Waals surface area contributed by atoms with Crippen LogP contribution < -0.4 is 9.47 Å². The Balaban J connectivity index is 0.000000125. The summed E-state index contributed by atoms with van der Waals surface area (Å²) in [4.78, 5) is 89.2. The SMILES string of the molecule is CC(C)OC(=O)N1CCc2c([nH]c3ccc(Cl)cc23)C1c1cccc(C(F)(F)F)c1.CC(C)OC(=O)N1CCc2c([nH]c3ccc(Cl)cc23)C1c1cccc(Cl)c1.CCCOC(=O)N1CCc2c([nH]c3ccc(Cl)cc23)C1c1cccc(OC)c1.COC(=O)N1CCc2c([nH]c3ccc(Cl)cc23)C1c1cccc(F)c1.COc1cccc(C2c3[nH]c4ccc(Cl)cc4c3CCN2C(=O)OC(C)C)c1. The summed E-state index contributed by atoms with van der Waals surface area (Å²) < 4.78 is 91.5. The highest BCUT2D eigenvalue weighted by molar-refractivity contribution is 6.33. The van der Waals surface area contributed by atoms with Gasteiger partial charge in [0.2, 0.25) is 0 Å². The maximum atomic E-state index is 13.8. The van der Waals surface area contributed by atoms with Gasteiger partial charge in [0.1, 0.15) is 47.5 Å². The number of rotatable bonds is 12. The van der Waals surface area contributed by atoms with Crippen molar-refractivity contribution in [1.29, 1.82) is 0 Å². The molecule has 5 atom stereocenters. The van der Waals surface area contributed by atoms with Crippen LogP contribution in [0.15, 0.2) is 212 Å². The summed E-state index contributed by atoms with van der Waals surface area (Å²) in [5.41, 5.74) is 18.2. The van der Waals surface area contributed by atoms with Gasteiger partial charge in [-0.1, -0.05) is 137 Å². The van der Waals surface area contributed by atoms with E-state index in [4.69, 9.17) is 103 Å². The summed E-state index contributed by atoms with van der Waals surface area (Å²) in [5, 5.41) is 9.23. The Kier molecular flexibility index (Phi) is 30.2. The van der Waals surface area contributed by atoms with E-state index in [1.54, 1.807) is 65.9 Å². The monoisotopic (exact) mass is 1990 g/mol. The van der Waals surface area contributed by atoms with E-state index in [9.17, 15) is 41.5 Å². The number of aromatic nitrogens is 5. The van der Waals surface area contributed by atoms with Gasteiger partial charge in [-0.05, 0) is 287 Å². The van der Waals surface area contributed by atoms with Crippen LogP contribution in [-0.2, 0) is 62.0 Å². The van der Waals surface area contributed by atoms with Gasteiger partial charge in [-0.25, -0.2) is 28.4 Å². The number of ether oxygens (including phenoxy) is 7. The average molecular weight is 2000 g/mol. The van der Waals surface area contributed by atoms with Crippen molar-refractivity contribution < 1.29 is 74.7 Å². The van der Waals surface area contributed by atoms with Gasteiger partial charge >= 0.3 is 36.6 Å². The molecule has 5 aromatic heterocycles. The highest BCUT2D eigenvalue weighted by Crippen LogP contribution is 2.48. The lowest BCUT2D eigenvalue weighted by atomic mass is 9.92. The van der Waals surface area contributed by atoms with E-state index in [1.165, 1.54) is 46.9 Å². The average Bonchev–Trinajstić information content (AvgIpc) is 1.61. The second-order valence-corrected chi connectivity index (χ2v) is 37.6. The lowest BCUT2D eigenvalue weighted by Gasteiger charge is -2.36. The first-order valence-corrected chi connectivity index (χ1v) is 47.7. The highest BCUT2D eigenvalue weighted by Gasteiger charge is 2.43. The van der Waals surface area contributed by atoms with Gasteiger partial charge in [-0.2, -0.15) is 13.2 Å². The molecule has 0 aliphatic carbocycles. The topological polar surface area (TPSA) is 245 Å². The fourth-order valence-corrected chi connectivity index (χ4v) is 20.1. The van der Waals surface area contributed by atoms with E-state index in [2.05, 4.69) is 24.9 Å². The van der Waals surface area contributed by atoms with Gasteiger partial charge in [-0.15, -0.1) is 0 Å². The van der Waals surface area contributed by atoms with Crippen molar-refractivity contribution in [1.82, 2.24) is 49.4 Å². The van der Waals surface area contributed by atoms with Gasteiger partial charge < -0.3 is 58.1 Å². The second-order valence-electron chi connectivity index (χ2n) is 34.9. The number of hydrogen-bond acceptors (Lipinski definition) is 12. The molecule has 0 fully saturated rings. The zero-order chi connectivity index (χ0) is 97.8. The molecule has 5 aliphatic rings. The minimum Gasteiger partial charge on any atom is -0.497 e. The first kappa shape index (κ1) is 98.4. The zero-order valence-corrected chi connectivity index (χ0v) is 81.8. The number of carbonyl (C=O) groups is 5. The molecule has 5 aliphatic heterocycles. The molecule has 32 heteroatoms. The van der Waals surface area contributed by atoms with E-state index < -0.39 is 36.0 Å². The number of hydrogen-bond donors (Lipinski definition) is 5. The number of nitrogens with zero attached hydrogens (tertiary/aromatic N) is 5. The van der Waals surface area contributed by atoms with Crippen molar-refractivity contribution in [2.45, 2.75) is 142 Å². The maximum Gasteiger partial charge on any atom is 0.416 e. The van der Waals surface area contributed by atoms with Gasteiger partial charge in [0.25, 0.3) is 0 Å². The van der Waals surface area contributed by atoms with Crippen LogP contribution in [0.3, 0.4) is 0 Å². The molecule has 22 nitrogen and oxygen atoms in total. The quantitative estimate of drug-likeness (QED) is 0.0566. The Bertz CT molecular complexity index is 7050. The van der Waals surface area contributed by atoms with E-state index in [0.29, 0.717) is 99.1 Å². The molecule has 138 heavy (non-hydrogen) atoms. The van der Waals surface area contributed by atoms with Crippen LogP contribution in [0.1, 0.15) is 175 Å². The standard InChI is InChI=1S/C22H20ClF3N2O2.2C22H23ClN2O3.C21H20Cl2N2O2.C19H16ClFN2O2/c1-12(2)30-21(29)28-9-8-16-17-11-15(23)6-7-18(17)27-19(16)20(28)13-4-3-5-14(10-13)22(24,25)26;1-13(2)28-22(26)25-10-9-17-18-12-15(23)7-8-19(18)24-20(17)21(25)14-5-4-6-16(11-14)27-3;1-3-11-28-22(26)25-10-9-17-18-13-15(23)7-8-19(18)24-20(17)21(25)14-5-4-6-16(12-14)27-2;1-12(2)27-21(26)25-9-8-16-17-11-15(23)6-7-18(17)24-19(16)20(25)13-4-3-5-14(22)10-13;1-25-19(24)23-8-7-14-15-10-12(20)5-6-16(15)22-17(14)18(23)11-3-2-4-13(21)9-11/h3-7,10-12,20,27H,8-9H2,1-2H3;4-8,11-13,21,24H,9-10H2,1-3H3;4-8,12-13,21,24H,3,9-11H2,1-2H3;3-7,10-12,20,24H,8-9H2,1-2H3;2-6,9-10,18,22H,7-8H2,1H3. The van der Waals surface area contributed by atoms with Crippen molar-refractivity contribution in [3.63, 3.8) is 0 Å². The number of methoxy groups -OCH3 is 3. The Hall–Kier alpha value is -12.7. The van der Waals surface area contributed by atoms with E-state index in [0.717, 1.165) is 154 Å². The summed E-state index contributed by atoms with van der Waals surface area (Å²) in [6, 6.07) is 61.2. The van der Waals surface area contributed by atoms with Gasteiger partial charge in [0.05, 0.1) is 51.8 Å². The molecule has 5 unspecified atom stereocenters. The smallest absolute Gasteiger partial charge is 0.416 e. The van der Waals surface area contributed by atoms with E-state index in [1.807, 2.05) is 198 Å². The van der Waals surface area contributed by atoms with Gasteiger partial charge in [0.15, 0.2) is 0 Å². The number of amides is 5. The molecule has 718 valence electrons. The summed E-state index contributed by atoms with van der Waals surface area (Å²) in [6.45, 7) is 15.8. The number of fused-ring (bicyclic) bond motifs is 15. The zero-order valence-electron chi connectivity index (χ0n) is 77.2. The molecular formula is C106H102Cl6F4N10O12. The molecule has 0 saturated heterocycles. The molecule has 0 radical (unpaired) electrons. The van der Waals surface area contributed by atoms with E-state index >= 15 is 0 Å². The minimum atomic E-state index is -4.48. The molecule has 10 aromatic carbocycles. The Morgan fingerprint density at radius 1 is 0.348 bits per heavy atom. The molecule has 10 heterocycles. The van der Waals surface area contributed by atoms with Crippen LogP contribution in [0.2, 0.25) is 30.1 Å². The summed E-state index contributed by atoms with van der Waals surface area (Å²) in [6.07, 6.45) is -2.88. The second kappa shape index (κ2) is 42.3. The predicted molar refractivity (Wildman–Crippen MR) is 532 cm³/mol. The third kappa shape index (κ3) is 21.2. The summed E-state index contributed by atoms with van der Waals surface area (Å²) in [5.74, 6) is 1.17. The number of aromatic amines is 5. The number of H-pyrrole nitrogens is 5. The van der Waals surface area contributed by atoms with Crippen LogP contribution in [-0.4, -0.2) is 159 Å². The van der Waals surface area contributed by atoms with Crippen molar-refractivity contribution in [2.24, 2.45) is 0 Å². The fraction of sp³-hybridized carbons (Fsp3) is 0.292. The number of nitrogens with one attached hydrogen (secondary N) is 5. The Labute approximate surface area is 824 Å². The number of alkyl halides is 3. The Morgan fingerprint density at radius 3 is 0.913 bits per heavy atom. The summed E-state index contributed by atoms with van der Waals surface area (Å²) >= 11 is 37.2. The fourth-order valence-electron chi connectivity index (χ4n) is 19.1. The van der Waals surface area contributed by atoms with Crippen LogP contribution in [0, 0.1) is 5.82 Å². The lowest BCUT2D eigenvalue weighted by molar-refractivity contribution is -0.137. The van der Waals surface area contributed by atoms with Crippen LogP contribution in [0.5, 0.6) is 11.5 Å². The molecule has 20 rings (SSSR count). The molecule has 0 saturated carbocycles. The summed E-state index contributed by atoms with van der Waals surface area (Å²) in [7, 11) is 4.64. The largest absolute Gasteiger partial charge is 0.497 e. The minimum absolute atomic E-state index is 0.179. The molecule has 5 amide bonds. The van der Waals surface area contributed by atoms with Crippen molar-refractivity contribution in [2.75, 3.05) is 60.7 Å². The molecule has 0 bridgehead atoms. The normalized spacial score (nSPS) is 16.5. The van der Waals surface area contributed by atoms with Crippen molar-refractivity contribution in [3.8, 4) is 11.5 Å². The molecule has 5 N–H and O–H groups in total. The third-order valence-corrected chi connectivity index (χ3v) is 26.3. The Morgan fingerprint density at radius 2 is 0.623 bits per heavy atom. The number of carbonyl (C=O) groups excluding carboxylic acids is 5.